The van der Waals surface area contributed by atoms with Crippen LogP contribution in [-0.2, 0) is 0 Å². The van der Waals surface area contributed by atoms with E-state index in [2.05, 4.69) is 33.0 Å². The van der Waals surface area contributed by atoms with Gasteiger partial charge >= 0.3 is 0 Å². The lowest BCUT2D eigenvalue weighted by Gasteiger charge is -2.35. The lowest BCUT2D eigenvalue weighted by atomic mass is 9.79. The molecular formula is C13H27NO. The first-order chi connectivity index (χ1) is 6.94. The van der Waals surface area contributed by atoms with Gasteiger partial charge in [0, 0.05) is 24.6 Å². The summed E-state index contributed by atoms with van der Waals surface area (Å²) in [6, 6.07) is 0.652. The van der Waals surface area contributed by atoms with Crippen LogP contribution < -0.4 is 5.32 Å². The van der Waals surface area contributed by atoms with E-state index < -0.39 is 0 Å². The van der Waals surface area contributed by atoms with Gasteiger partial charge in [-0.2, -0.15) is 0 Å². The molecule has 0 bridgehead atoms. The second-order valence-electron chi connectivity index (χ2n) is 6.21. The molecule has 0 aromatic heterocycles. The monoisotopic (exact) mass is 213 g/mol. The second kappa shape index (κ2) is 5.31. The molecule has 0 heterocycles. The number of aliphatic hydroxyl groups is 1. The van der Waals surface area contributed by atoms with Gasteiger partial charge in [-0.05, 0) is 24.7 Å². The summed E-state index contributed by atoms with van der Waals surface area (Å²) in [5.74, 6) is 1.65. The summed E-state index contributed by atoms with van der Waals surface area (Å²) in [6.07, 6.45) is 4.02. The maximum atomic E-state index is 9.20. The molecule has 0 saturated heterocycles. The van der Waals surface area contributed by atoms with E-state index in [1.807, 2.05) is 0 Å². The summed E-state index contributed by atoms with van der Waals surface area (Å²) in [4.78, 5) is 0. The van der Waals surface area contributed by atoms with Crippen molar-refractivity contribution in [2.45, 2.75) is 53.0 Å². The summed E-state index contributed by atoms with van der Waals surface area (Å²) in [5.41, 5.74) is 0.0143. The highest BCUT2D eigenvalue weighted by Gasteiger charge is 2.27. The fourth-order valence-electron chi connectivity index (χ4n) is 2.28. The topological polar surface area (TPSA) is 32.3 Å². The summed E-state index contributed by atoms with van der Waals surface area (Å²) < 4.78 is 0. The molecule has 2 N–H and O–H groups in total. The van der Waals surface area contributed by atoms with Crippen molar-refractivity contribution in [3.8, 4) is 0 Å². The molecule has 0 spiro atoms. The van der Waals surface area contributed by atoms with Gasteiger partial charge in [0.05, 0.1) is 0 Å². The summed E-state index contributed by atoms with van der Waals surface area (Å²) in [6.45, 7) is 10.1. The molecule has 15 heavy (non-hydrogen) atoms. The average molecular weight is 213 g/mol. The molecule has 1 aliphatic carbocycles. The quantitative estimate of drug-likeness (QED) is 0.751. The Morgan fingerprint density at radius 2 is 1.93 bits per heavy atom. The third-order valence-corrected chi connectivity index (χ3v) is 3.73. The van der Waals surface area contributed by atoms with Gasteiger partial charge < -0.3 is 10.4 Å². The average Bonchev–Trinajstić information content (AvgIpc) is 2.20. The Bertz CT molecular complexity index is 191. The molecule has 90 valence electrons. The van der Waals surface area contributed by atoms with Gasteiger partial charge in [-0.15, -0.1) is 0 Å². The van der Waals surface area contributed by atoms with Crippen LogP contribution in [0.1, 0.15) is 47.0 Å². The molecule has 0 amide bonds. The second-order valence-corrected chi connectivity index (χ2v) is 6.21. The maximum absolute atomic E-state index is 9.20. The minimum absolute atomic E-state index is 0.0143. The molecule has 2 nitrogen and oxygen atoms in total. The molecule has 1 fully saturated rings. The van der Waals surface area contributed by atoms with Gasteiger partial charge in [0.15, 0.2) is 0 Å². The third-order valence-electron chi connectivity index (χ3n) is 3.73. The van der Waals surface area contributed by atoms with Crippen molar-refractivity contribution in [3.05, 3.63) is 0 Å². The number of hydrogen-bond acceptors (Lipinski definition) is 2. The molecule has 0 aromatic carbocycles. The van der Waals surface area contributed by atoms with Gasteiger partial charge in [-0.1, -0.05) is 34.1 Å². The highest BCUT2D eigenvalue weighted by molar-refractivity contribution is 4.83. The fraction of sp³-hybridized carbons (Fsp3) is 1.00. The van der Waals surface area contributed by atoms with E-state index in [1.165, 1.54) is 19.3 Å². The van der Waals surface area contributed by atoms with Gasteiger partial charge in [-0.3, -0.25) is 0 Å². The Hall–Kier alpha value is -0.0800. The van der Waals surface area contributed by atoms with E-state index in [-0.39, 0.29) is 12.0 Å². The zero-order valence-corrected chi connectivity index (χ0v) is 10.7. The van der Waals surface area contributed by atoms with Crippen LogP contribution in [0.3, 0.4) is 0 Å². The van der Waals surface area contributed by atoms with Crippen molar-refractivity contribution in [2.75, 3.05) is 13.2 Å². The normalized spacial score (nSPS) is 33.0. The van der Waals surface area contributed by atoms with E-state index in [1.54, 1.807) is 0 Å². The first-order valence-electron chi connectivity index (χ1n) is 6.29. The third kappa shape index (κ3) is 4.12. The van der Waals surface area contributed by atoms with Gasteiger partial charge in [0.1, 0.15) is 0 Å². The Kier molecular flexibility index (Phi) is 4.60. The van der Waals surface area contributed by atoms with Crippen LogP contribution in [0.4, 0.5) is 0 Å². The molecular weight excluding hydrogens is 186 g/mol. The van der Waals surface area contributed by atoms with E-state index in [9.17, 15) is 5.11 Å². The van der Waals surface area contributed by atoms with Crippen molar-refractivity contribution in [2.24, 2.45) is 17.3 Å². The van der Waals surface area contributed by atoms with Crippen LogP contribution in [0.25, 0.3) is 0 Å². The summed E-state index contributed by atoms with van der Waals surface area (Å²) in [7, 11) is 0. The van der Waals surface area contributed by atoms with Gasteiger partial charge in [0.2, 0.25) is 0 Å². The van der Waals surface area contributed by atoms with Crippen molar-refractivity contribution in [3.63, 3.8) is 0 Å². The van der Waals surface area contributed by atoms with Crippen LogP contribution in [0, 0.1) is 17.3 Å². The molecule has 0 aliphatic heterocycles. The molecule has 0 radical (unpaired) electrons. The lowest BCUT2D eigenvalue weighted by Crippen LogP contribution is -2.44. The van der Waals surface area contributed by atoms with Crippen LogP contribution in [-0.4, -0.2) is 24.3 Å². The predicted molar refractivity (Wildman–Crippen MR) is 64.8 cm³/mol. The Labute approximate surface area is 94.5 Å². The summed E-state index contributed by atoms with van der Waals surface area (Å²) in [5, 5.41) is 12.8. The van der Waals surface area contributed by atoms with Gasteiger partial charge in [0.25, 0.3) is 0 Å². The smallest absolute Gasteiger partial charge is 0.0494 e. The number of rotatable bonds is 4. The van der Waals surface area contributed by atoms with Crippen LogP contribution in [0.5, 0.6) is 0 Å². The van der Waals surface area contributed by atoms with E-state index >= 15 is 0 Å². The zero-order valence-electron chi connectivity index (χ0n) is 10.7. The standard InChI is InChI=1S/C13H27NO/c1-10-5-6-11(2)12(7-10)14-8-13(3,4)9-15/h10-12,14-15H,5-9H2,1-4H3. The Morgan fingerprint density at radius 1 is 1.27 bits per heavy atom. The highest BCUT2D eigenvalue weighted by atomic mass is 16.3. The molecule has 3 atom stereocenters. The van der Waals surface area contributed by atoms with Crippen LogP contribution >= 0.6 is 0 Å². The first kappa shape index (κ1) is 13.0. The molecule has 1 rings (SSSR count). The Morgan fingerprint density at radius 3 is 2.53 bits per heavy atom. The molecule has 3 unspecified atom stereocenters. The largest absolute Gasteiger partial charge is 0.396 e. The highest BCUT2D eigenvalue weighted by Crippen LogP contribution is 2.28. The predicted octanol–water partition coefficient (Wildman–Crippen LogP) is 2.42. The lowest BCUT2D eigenvalue weighted by molar-refractivity contribution is 0.138. The number of nitrogens with one attached hydrogen (secondary N) is 1. The molecule has 0 aromatic rings. The summed E-state index contributed by atoms with van der Waals surface area (Å²) >= 11 is 0. The zero-order chi connectivity index (χ0) is 11.5. The number of hydrogen-bond donors (Lipinski definition) is 2. The SMILES string of the molecule is CC1CCC(C)C(NCC(C)(C)CO)C1. The van der Waals surface area contributed by atoms with Crippen molar-refractivity contribution < 1.29 is 5.11 Å². The van der Waals surface area contributed by atoms with Crippen LogP contribution in [0.15, 0.2) is 0 Å². The minimum Gasteiger partial charge on any atom is -0.396 e. The van der Waals surface area contributed by atoms with E-state index in [4.69, 9.17) is 0 Å². The molecule has 2 heteroatoms. The van der Waals surface area contributed by atoms with Crippen molar-refractivity contribution in [1.29, 1.82) is 0 Å². The molecule has 1 aliphatic rings. The maximum Gasteiger partial charge on any atom is 0.0494 e. The van der Waals surface area contributed by atoms with Crippen molar-refractivity contribution >= 4 is 0 Å². The van der Waals surface area contributed by atoms with E-state index in [0.29, 0.717) is 6.04 Å². The van der Waals surface area contributed by atoms with Crippen LogP contribution in [0.2, 0.25) is 0 Å². The first-order valence-corrected chi connectivity index (χ1v) is 6.29. The fourth-order valence-corrected chi connectivity index (χ4v) is 2.28. The Balaban J connectivity index is 2.36. The van der Waals surface area contributed by atoms with Crippen molar-refractivity contribution in [1.82, 2.24) is 5.32 Å². The van der Waals surface area contributed by atoms with Gasteiger partial charge in [-0.25, -0.2) is 0 Å². The number of aliphatic hydroxyl groups excluding tert-OH is 1. The minimum atomic E-state index is 0.0143. The van der Waals surface area contributed by atoms with E-state index in [0.717, 1.165) is 18.4 Å². The molecule has 1 saturated carbocycles.